The maximum atomic E-state index is 5.75. The Labute approximate surface area is 192 Å². The summed E-state index contributed by atoms with van der Waals surface area (Å²) in [4.78, 5) is 4.68. The van der Waals surface area contributed by atoms with Crippen LogP contribution in [0.4, 0.5) is 0 Å². The Balaban J connectivity index is 1.74. The van der Waals surface area contributed by atoms with E-state index in [4.69, 9.17) is 18.9 Å². The SMILES string of the molecule is CCNC(=NCc1cc(OC)c(OC)c(OC)c1)NCCCCOCCc1ccccc1. The second kappa shape index (κ2) is 15.0. The molecule has 0 fully saturated rings. The lowest BCUT2D eigenvalue weighted by Crippen LogP contribution is -2.37. The summed E-state index contributed by atoms with van der Waals surface area (Å²) < 4.78 is 22.0. The lowest BCUT2D eigenvalue weighted by molar-refractivity contribution is 0.133. The predicted molar refractivity (Wildman–Crippen MR) is 129 cm³/mol. The maximum Gasteiger partial charge on any atom is 0.203 e. The van der Waals surface area contributed by atoms with Crippen LogP contribution in [0.5, 0.6) is 17.2 Å². The average molecular weight is 444 g/mol. The summed E-state index contributed by atoms with van der Waals surface area (Å²) in [5.41, 5.74) is 2.29. The molecule has 7 heteroatoms. The average Bonchev–Trinajstić information content (AvgIpc) is 2.83. The maximum absolute atomic E-state index is 5.75. The lowest BCUT2D eigenvalue weighted by Gasteiger charge is -2.14. The molecule has 176 valence electrons. The molecule has 0 aliphatic carbocycles. The molecule has 0 atom stereocenters. The number of hydrogen-bond donors (Lipinski definition) is 2. The van der Waals surface area contributed by atoms with Crippen LogP contribution in [0.25, 0.3) is 0 Å². The van der Waals surface area contributed by atoms with Gasteiger partial charge in [-0.05, 0) is 49.4 Å². The van der Waals surface area contributed by atoms with Gasteiger partial charge in [0.2, 0.25) is 5.75 Å². The first kappa shape index (κ1) is 25.3. The van der Waals surface area contributed by atoms with Crippen molar-refractivity contribution in [2.75, 3.05) is 47.6 Å². The van der Waals surface area contributed by atoms with E-state index in [-0.39, 0.29) is 0 Å². The number of unbranched alkanes of at least 4 members (excludes halogenated alkanes) is 1. The number of nitrogens with one attached hydrogen (secondary N) is 2. The standard InChI is InChI=1S/C25H37N3O4/c1-5-26-25(27-14-9-10-15-32-16-13-20-11-7-6-8-12-20)28-19-21-17-22(29-2)24(31-4)23(18-21)30-3/h6-8,11-12,17-18H,5,9-10,13-16,19H2,1-4H3,(H2,26,27,28). The highest BCUT2D eigenvalue weighted by Gasteiger charge is 2.13. The van der Waals surface area contributed by atoms with Gasteiger partial charge in [0.25, 0.3) is 0 Å². The van der Waals surface area contributed by atoms with E-state index < -0.39 is 0 Å². The van der Waals surface area contributed by atoms with E-state index in [0.29, 0.717) is 23.8 Å². The van der Waals surface area contributed by atoms with E-state index in [1.54, 1.807) is 21.3 Å². The van der Waals surface area contributed by atoms with Crippen molar-refractivity contribution >= 4 is 5.96 Å². The van der Waals surface area contributed by atoms with Crippen LogP contribution in [0, 0.1) is 0 Å². The molecule has 0 heterocycles. The van der Waals surface area contributed by atoms with Crippen LogP contribution in [0.2, 0.25) is 0 Å². The van der Waals surface area contributed by atoms with Gasteiger partial charge in [0.15, 0.2) is 17.5 Å². The van der Waals surface area contributed by atoms with Gasteiger partial charge in [-0.1, -0.05) is 30.3 Å². The minimum absolute atomic E-state index is 0.495. The Morgan fingerprint density at radius 1 is 0.844 bits per heavy atom. The second-order valence-corrected chi connectivity index (χ2v) is 7.21. The van der Waals surface area contributed by atoms with E-state index in [9.17, 15) is 0 Å². The molecule has 0 aliphatic rings. The zero-order valence-electron chi connectivity index (χ0n) is 19.8. The van der Waals surface area contributed by atoms with E-state index >= 15 is 0 Å². The molecular weight excluding hydrogens is 406 g/mol. The van der Waals surface area contributed by atoms with Crippen LogP contribution in [-0.4, -0.2) is 53.6 Å². The quantitative estimate of drug-likeness (QED) is 0.263. The molecule has 0 aromatic heterocycles. The fourth-order valence-corrected chi connectivity index (χ4v) is 3.21. The number of hydrogen-bond acceptors (Lipinski definition) is 5. The number of rotatable bonds is 14. The molecule has 2 aromatic rings. The van der Waals surface area contributed by atoms with E-state index in [2.05, 4.69) is 46.8 Å². The minimum Gasteiger partial charge on any atom is -0.493 e. The van der Waals surface area contributed by atoms with Gasteiger partial charge in [-0.15, -0.1) is 0 Å². The van der Waals surface area contributed by atoms with E-state index in [1.165, 1.54) is 5.56 Å². The summed E-state index contributed by atoms with van der Waals surface area (Å²) >= 11 is 0. The lowest BCUT2D eigenvalue weighted by atomic mass is 10.2. The van der Waals surface area contributed by atoms with E-state index in [1.807, 2.05) is 18.2 Å². The van der Waals surface area contributed by atoms with Crippen molar-refractivity contribution < 1.29 is 18.9 Å². The van der Waals surface area contributed by atoms with Crippen molar-refractivity contribution in [3.63, 3.8) is 0 Å². The van der Waals surface area contributed by atoms with Gasteiger partial charge in [0.05, 0.1) is 34.5 Å². The first-order valence-corrected chi connectivity index (χ1v) is 11.1. The van der Waals surface area contributed by atoms with Gasteiger partial charge >= 0.3 is 0 Å². The fraction of sp³-hybridized carbons (Fsp3) is 0.480. The zero-order valence-corrected chi connectivity index (χ0v) is 19.8. The molecule has 0 unspecified atom stereocenters. The number of methoxy groups -OCH3 is 3. The fourth-order valence-electron chi connectivity index (χ4n) is 3.21. The van der Waals surface area contributed by atoms with Crippen LogP contribution in [0.1, 0.15) is 30.9 Å². The van der Waals surface area contributed by atoms with Crippen LogP contribution < -0.4 is 24.8 Å². The normalized spacial score (nSPS) is 11.2. The summed E-state index contributed by atoms with van der Waals surface area (Å²) in [5, 5.41) is 6.67. The molecule has 0 aliphatic heterocycles. The highest BCUT2D eigenvalue weighted by molar-refractivity contribution is 5.79. The molecule has 2 N–H and O–H groups in total. The Bertz CT molecular complexity index is 787. The summed E-state index contributed by atoms with van der Waals surface area (Å²) in [6, 6.07) is 14.3. The predicted octanol–water partition coefficient (Wildman–Crippen LogP) is 3.81. The summed E-state index contributed by atoms with van der Waals surface area (Å²) in [5.74, 6) is 2.62. The van der Waals surface area contributed by atoms with Crippen molar-refractivity contribution in [3.8, 4) is 17.2 Å². The number of aliphatic imine (C=N–C) groups is 1. The second-order valence-electron chi connectivity index (χ2n) is 7.21. The van der Waals surface area contributed by atoms with Gasteiger partial charge in [-0.2, -0.15) is 0 Å². The van der Waals surface area contributed by atoms with Gasteiger partial charge in [0.1, 0.15) is 0 Å². The third-order valence-electron chi connectivity index (χ3n) is 4.87. The molecule has 0 saturated heterocycles. The Kier molecular flexibility index (Phi) is 11.8. The Morgan fingerprint density at radius 2 is 1.56 bits per heavy atom. The number of benzene rings is 2. The molecular formula is C25H37N3O4. The van der Waals surface area contributed by atoms with Crippen molar-refractivity contribution in [2.24, 2.45) is 4.99 Å². The Hall–Kier alpha value is -2.93. The van der Waals surface area contributed by atoms with Crippen LogP contribution in [0.15, 0.2) is 47.5 Å². The first-order valence-electron chi connectivity index (χ1n) is 11.1. The summed E-state index contributed by atoms with van der Waals surface area (Å²) in [6.07, 6.45) is 2.98. The zero-order chi connectivity index (χ0) is 23.0. The molecule has 2 aromatic carbocycles. The number of nitrogens with zero attached hydrogens (tertiary/aromatic N) is 1. The smallest absolute Gasteiger partial charge is 0.203 e. The van der Waals surface area contributed by atoms with Crippen LogP contribution in [-0.2, 0) is 17.7 Å². The molecule has 0 spiro atoms. The highest BCUT2D eigenvalue weighted by Crippen LogP contribution is 2.38. The number of ether oxygens (including phenoxy) is 4. The van der Waals surface area contributed by atoms with Crippen LogP contribution >= 0.6 is 0 Å². The summed E-state index contributed by atoms with van der Waals surface area (Å²) in [6.45, 7) is 5.71. The van der Waals surface area contributed by atoms with Crippen molar-refractivity contribution in [2.45, 2.75) is 32.7 Å². The van der Waals surface area contributed by atoms with Gasteiger partial charge in [-0.3, -0.25) is 0 Å². The highest BCUT2D eigenvalue weighted by atomic mass is 16.5. The largest absolute Gasteiger partial charge is 0.493 e. The molecule has 0 amide bonds. The molecule has 0 bridgehead atoms. The van der Waals surface area contributed by atoms with Crippen molar-refractivity contribution in [1.82, 2.24) is 10.6 Å². The topological polar surface area (TPSA) is 73.3 Å². The third-order valence-corrected chi connectivity index (χ3v) is 4.87. The Morgan fingerprint density at radius 3 is 2.19 bits per heavy atom. The van der Waals surface area contributed by atoms with Crippen molar-refractivity contribution in [3.05, 3.63) is 53.6 Å². The molecule has 0 saturated carbocycles. The third kappa shape index (κ3) is 8.67. The van der Waals surface area contributed by atoms with E-state index in [0.717, 1.165) is 57.1 Å². The monoisotopic (exact) mass is 443 g/mol. The molecule has 2 rings (SSSR count). The first-order chi connectivity index (χ1) is 15.7. The minimum atomic E-state index is 0.495. The van der Waals surface area contributed by atoms with Crippen LogP contribution in [0.3, 0.4) is 0 Å². The molecule has 32 heavy (non-hydrogen) atoms. The molecule has 0 radical (unpaired) electrons. The van der Waals surface area contributed by atoms with Gasteiger partial charge < -0.3 is 29.6 Å². The van der Waals surface area contributed by atoms with Gasteiger partial charge in [0, 0.05) is 19.7 Å². The summed E-state index contributed by atoms with van der Waals surface area (Å²) in [7, 11) is 4.82. The molecule has 7 nitrogen and oxygen atoms in total. The van der Waals surface area contributed by atoms with Crippen molar-refractivity contribution in [1.29, 1.82) is 0 Å². The number of guanidine groups is 1. The van der Waals surface area contributed by atoms with Gasteiger partial charge in [-0.25, -0.2) is 4.99 Å².